The molecule has 0 unspecified atom stereocenters. The SMILES string of the molecule is C=C/C(C)=C(/C)NC.CC.CC.CC. The first-order valence-corrected chi connectivity index (χ1v) is 5.70. The van der Waals surface area contributed by atoms with Gasteiger partial charge in [-0.05, 0) is 19.4 Å². The van der Waals surface area contributed by atoms with Crippen molar-refractivity contribution < 1.29 is 0 Å². The molecule has 0 spiro atoms. The first-order valence-electron chi connectivity index (χ1n) is 5.70. The van der Waals surface area contributed by atoms with Crippen molar-refractivity contribution in [1.82, 2.24) is 5.32 Å². The van der Waals surface area contributed by atoms with E-state index >= 15 is 0 Å². The molecule has 88 valence electrons. The first kappa shape index (κ1) is 23.3. The van der Waals surface area contributed by atoms with Crippen LogP contribution in [0.3, 0.4) is 0 Å². The highest BCUT2D eigenvalue weighted by atomic mass is 14.8. The number of allylic oxidation sites excluding steroid dienone is 3. The van der Waals surface area contributed by atoms with Crippen molar-refractivity contribution in [1.29, 1.82) is 0 Å². The molecular formula is C13H31N. The Kier molecular flexibility index (Phi) is 49.0. The van der Waals surface area contributed by atoms with Crippen LogP contribution >= 0.6 is 0 Å². The van der Waals surface area contributed by atoms with Gasteiger partial charge in [-0.3, -0.25) is 0 Å². The summed E-state index contributed by atoms with van der Waals surface area (Å²) in [5, 5.41) is 3.02. The maximum atomic E-state index is 3.63. The zero-order valence-corrected chi connectivity index (χ0v) is 11.8. The minimum atomic E-state index is 1.18. The van der Waals surface area contributed by atoms with E-state index in [9.17, 15) is 0 Å². The van der Waals surface area contributed by atoms with Crippen LogP contribution in [0.1, 0.15) is 55.4 Å². The molecule has 0 aliphatic carbocycles. The van der Waals surface area contributed by atoms with Gasteiger partial charge >= 0.3 is 0 Å². The molecule has 0 atom stereocenters. The van der Waals surface area contributed by atoms with Crippen LogP contribution in [0, 0.1) is 0 Å². The van der Waals surface area contributed by atoms with Gasteiger partial charge in [0.05, 0.1) is 0 Å². The topological polar surface area (TPSA) is 12.0 Å². The van der Waals surface area contributed by atoms with Crippen molar-refractivity contribution in [3.63, 3.8) is 0 Å². The summed E-state index contributed by atoms with van der Waals surface area (Å²) in [4.78, 5) is 0. The molecule has 1 N–H and O–H groups in total. The van der Waals surface area contributed by atoms with Crippen LogP contribution in [0.15, 0.2) is 23.9 Å². The van der Waals surface area contributed by atoms with Crippen LogP contribution in [0.25, 0.3) is 0 Å². The van der Waals surface area contributed by atoms with Crippen LogP contribution in [0.5, 0.6) is 0 Å². The summed E-state index contributed by atoms with van der Waals surface area (Å²) in [6.07, 6.45) is 1.84. The molecule has 1 nitrogen and oxygen atoms in total. The lowest BCUT2D eigenvalue weighted by molar-refractivity contribution is 0.969. The van der Waals surface area contributed by atoms with Crippen LogP contribution < -0.4 is 5.32 Å². The Labute approximate surface area is 92.3 Å². The standard InChI is InChI=1S/C7H13N.3C2H6/c1-5-6(2)7(3)8-4;3*1-2/h5,8H,1H2,2-4H3;3*1-2H3/b7-6-;;;. The van der Waals surface area contributed by atoms with Gasteiger partial charge in [0, 0.05) is 12.7 Å². The predicted octanol–water partition coefficient (Wildman–Crippen LogP) is 4.76. The van der Waals surface area contributed by atoms with Crippen molar-refractivity contribution in [2.45, 2.75) is 55.4 Å². The summed E-state index contributed by atoms with van der Waals surface area (Å²) in [6, 6.07) is 0. The molecule has 0 saturated carbocycles. The summed E-state index contributed by atoms with van der Waals surface area (Å²) in [7, 11) is 1.91. The molecule has 0 radical (unpaired) electrons. The Balaban J connectivity index is -0.0000000708. The zero-order valence-electron chi connectivity index (χ0n) is 11.8. The Hall–Kier alpha value is -0.720. The molecule has 0 amide bonds. The minimum absolute atomic E-state index is 1.18. The molecule has 0 fully saturated rings. The average Bonchev–Trinajstić information content (AvgIpc) is 2.34. The molecule has 0 aromatic heterocycles. The highest BCUT2D eigenvalue weighted by Gasteiger charge is 1.84. The van der Waals surface area contributed by atoms with Gasteiger partial charge in [0.1, 0.15) is 0 Å². The van der Waals surface area contributed by atoms with Crippen molar-refractivity contribution >= 4 is 0 Å². The summed E-state index contributed by atoms with van der Waals surface area (Å²) in [6.45, 7) is 19.7. The normalized spacial score (nSPS) is 8.36. The van der Waals surface area contributed by atoms with Gasteiger partial charge in [0.15, 0.2) is 0 Å². The highest BCUT2D eigenvalue weighted by molar-refractivity contribution is 5.18. The van der Waals surface area contributed by atoms with Crippen molar-refractivity contribution in [2.75, 3.05) is 7.05 Å². The van der Waals surface area contributed by atoms with Crippen molar-refractivity contribution in [3.8, 4) is 0 Å². The van der Waals surface area contributed by atoms with E-state index in [0.29, 0.717) is 0 Å². The average molecular weight is 201 g/mol. The lowest BCUT2D eigenvalue weighted by Crippen LogP contribution is -2.02. The van der Waals surface area contributed by atoms with Gasteiger partial charge in [-0.15, -0.1) is 0 Å². The maximum absolute atomic E-state index is 3.63. The molecule has 0 aliphatic heterocycles. The van der Waals surface area contributed by atoms with Crippen LogP contribution in [0.2, 0.25) is 0 Å². The zero-order chi connectivity index (χ0) is 12.6. The molecule has 0 aliphatic rings. The Bertz CT molecular complexity index is 112. The second kappa shape index (κ2) is 29.5. The maximum Gasteiger partial charge on any atom is 0.0102 e. The van der Waals surface area contributed by atoms with Gasteiger partial charge in [-0.1, -0.05) is 54.2 Å². The van der Waals surface area contributed by atoms with E-state index in [-0.39, 0.29) is 0 Å². The fourth-order valence-corrected chi connectivity index (χ4v) is 0.350. The van der Waals surface area contributed by atoms with E-state index < -0.39 is 0 Å². The van der Waals surface area contributed by atoms with Gasteiger partial charge in [0.2, 0.25) is 0 Å². The smallest absolute Gasteiger partial charge is 0.0102 e. The quantitative estimate of drug-likeness (QED) is 0.635. The molecular weight excluding hydrogens is 170 g/mol. The third-order valence-electron chi connectivity index (χ3n) is 1.27. The lowest BCUT2D eigenvalue weighted by Gasteiger charge is -1.99. The summed E-state index contributed by atoms with van der Waals surface area (Å²) in [5.41, 5.74) is 2.38. The molecule has 1 heteroatoms. The van der Waals surface area contributed by atoms with Crippen LogP contribution in [-0.4, -0.2) is 7.05 Å². The number of hydrogen-bond donors (Lipinski definition) is 1. The van der Waals surface area contributed by atoms with Gasteiger partial charge in [-0.2, -0.15) is 0 Å². The minimum Gasteiger partial charge on any atom is -0.391 e. The second-order valence-corrected chi connectivity index (χ2v) is 1.76. The summed E-state index contributed by atoms with van der Waals surface area (Å²) < 4.78 is 0. The Morgan fingerprint density at radius 3 is 1.29 bits per heavy atom. The van der Waals surface area contributed by atoms with Crippen molar-refractivity contribution in [2.24, 2.45) is 0 Å². The van der Waals surface area contributed by atoms with E-state index in [0.717, 1.165) is 0 Å². The third-order valence-corrected chi connectivity index (χ3v) is 1.27. The van der Waals surface area contributed by atoms with E-state index in [1.54, 1.807) is 0 Å². The lowest BCUT2D eigenvalue weighted by atomic mass is 10.2. The largest absolute Gasteiger partial charge is 0.391 e. The fraction of sp³-hybridized carbons (Fsp3) is 0.692. The molecule has 0 rings (SSSR count). The second-order valence-electron chi connectivity index (χ2n) is 1.76. The van der Waals surface area contributed by atoms with Gasteiger partial charge < -0.3 is 5.32 Å². The number of nitrogens with one attached hydrogen (secondary N) is 1. The predicted molar refractivity (Wildman–Crippen MR) is 71.7 cm³/mol. The first-order chi connectivity index (χ1) is 6.72. The fourth-order valence-electron chi connectivity index (χ4n) is 0.350. The summed E-state index contributed by atoms with van der Waals surface area (Å²) in [5.74, 6) is 0. The van der Waals surface area contributed by atoms with E-state index in [2.05, 4.69) is 11.9 Å². The van der Waals surface area contributed by atoms with Crippen LogP contribution in [0.4, 0.5) is 0 Å². The molecule has 0 heterocycles. The Morgan fingerprint density at radius 1 is 0.929 bits per heavy atom. The van der Waals surface area contributed by atoms with E-state index in [1.165, 1.54) is 11.3 Å². The molecule has 0 aromatic rings. The van der Waals surface area contributed by atoms with Crippen LogP contribution in [-0.2, 0) is 0 Å². The number of rotatable bonds is 2. The Morgan fingerprint density at radius 2 is 1.21 bits per heavy atom. The molecule has 0 aromatic carbocycles. The van der Waals surface area contributed by atoms with Gasteiger partial charge in [0.25, 0.3) is 0 Å². The van der Waals surface area contributed by atoms with Crippen molar-refractivity contribution in [3.05, 3.63) is 23.9 Å². The molecule has 0 saturated heterocycles. The van der Waals surface area contributed by atoms with Gasteiger partial charge in [-0.25, -0.2) is 0 Å². The molecule has 14 heavy (non-hydrogen) atoms. The third kappa shape index (κ3) is 22.5. The monoisotopic (exact) mass is 201 g/mol. The van der Waals surface area contributed by atoms with E-state index in [1.807, 2.05) is 68.5 Å². The molecule has 0 bridgehead atoms. The highest BCUT2D eigenvalue weighted by Crippen LogP contribution is 1.97. The number of hydrogen-bond acceptors (Lipinski definition) is 1. The summed E-state index contributed by atoms with van der Waals surface area (Å²) >= 11 is 0. The van der Waals surface area contributed by atoms with E-state index in [4.69, 9.17) is 0 Å².